The zero-order valence-electron chi connectivity index (χ0n) is 29.7. The molecule has 0 fully saturated rings. The molecule has 2 heteroatoms. The minimum Gasteiger partial charge on any atom is -0.310 e. The van der Waals surface area contributed by atoms with Gasteiger partial charge in [0.15, 0.2) is 0 Å². The van der Waals surface area contributed by atoms with E-state index in [0.717, 1.165) is 17.1 Å². The largest absolute Gasteiger partial charge is 0.310 e. The van der Waals surface area contributed by atoms with Crippen LogP contribution < -0.4 is 4.90 Å². The third-order valence-electron chi connectivity index (χ3n) is 11.7. The fourth-order valence-corrected chi connectivity index (χ4v) is 9.06. The van der Waals surface area contributed by atoms with Crippen LogP contribution in [0.1, 0.15) is 25.0 Å². The second-order valence-electron chi connectivity index (χ2n) is 15.0. The first kappa shape index (κ1) is 30.0. The van der Waals surface area contributed by atoms with Crippen LogP contribution >= 0.6 is 0 Å². The summed E-state index contributed by atoms with van der Waals surface area (Å²) in [6.45, 7) is 4.78. The summed E-state index contributed by atoms with van der Waals surface area (Å²) in [4.78, 5) is 2.43. The van der Waals surface area contributed by atoms with Gasteiger partial charge in [-0.05, 0) is 115 Å². The second-order valence-corrected chi connectivity index (χ2v) is 15.0. The van der Waals surface area contributed by atoms with E-state index in [1.165, 1.54) is 82.1 Å². The van der Waals surface area contributed by atoms with Crippen LogP contribution in [0.4, 0.5) is 17.1 Å². The highest BCUT2D eigenvalue weighted by Gasteiger charge is 2.35. The number of hydrogen-bond acceptors (Lipinski definition) is 1. The molecule has 10 aromatic rings. The van der Waals surface area contributed by atoms with Gasteiger partial charge in [-0.25, -0.2) is 0 Å². The Bertz CT molecular complexity index is 3020. The Morgan fingerprint density at radius 3 is 1.74 bits per heavy atom. The highest BCUT2D eigenvalue weighted by atomic mass is 15.1. The Balaban J connectivity index is 1.22. The molecule has 1 aliphatic heterocycles. The van der Waals surface area contributed by atoms with Crippen molar-refractivity contribution in [3.63, 3.8) is 0 Å². The summed E-state index contributed by atoms with van der Waals surface area (Å²) in [6, 6.07) is 67.3. The third kappa shape index (κ3) is 4.45. The van der Waals surface area contributed by atoms with Gasteiger partial charge in [0.05, 0.1) is 16.7 Å². The molecule has 9 aromatic carbocycles. The fourth-order valence-electron chi connectivity index (χ4n) is 9.06. The molecule has 0 spiro atoms. The minimum absolute atomic E-state index is 0.190. The topological polar surface area (TPSA) is 8.17 Å². The quantitative estimate of drug-likeness (QED) is 0.180. The standard InChI is InChI=1S/C51H36N2/c1-51(2)46-20-9-10-21-49(46)53-48-27-26-41(32-44(48)45-30-38(31-47(51)50(45)53)43-19-11-17-35-14-7-8-18-42(35)43)52(39-24-22-33-12-3-5-15-36(33)28-39)40-25-23-34-13-4-6-16-37(34)29-40/h3-32H,1-2H3. The Morgan fingerprint density at radius 2 is 1.00 bits per heavy atom. The van der Waals surface area contributed by atoms with Crippen LogP contribution in [0, 0.1) is 0 Å². The van der Waals surface area contributed by atoms with Crippen LogP contribution in [0.5, 0.6) is 0 Å². The van der Waals surface area contributed by atoms with Crippen molar-refractivity contribution in [1.29, 1.82) is 0 Å². The molecular formula is C51H36N2. The summed E-state index contributed by atoms with van der Waals surface area (Å²) in [6.07, 6.45) is 0. The number of aromatic nitrogens is 1. The summed E-state index contributed by atoms with van der Waals surface area (Å²) in [5, 5.41) is 9.99. The molecule has 11 rings (SSSR count). The molecule has 0 atom stereocenters. The molecule has 0 saturated carbocycles. The summed E-state index contributed by atoms with van der Waals surface area (Å²) < 4.78 is 2.52. The summed E-state index contributed by atoms with van der Waals surface area (Å²) in [7, 11) is 0. The first-order valence-corrected chi connectivity index (χ1v) is 18.5. The van der Waals surface area contributed by atoms with Crippen LogP contribution in [0.2, 0.25) is 0 Å². The molecule has 1 aromatic heterocycles. The number of benzene rings is 9. The SMILES string of the molecule is CC1(C)c2ccccc2-n2c3ccc(N(c4ccc5ccccc5c4)c4ccc5ccccc5c4)cc3c3cc(-c4cccc5ccccc45)cc1c32. The lowest BCUT2D eigenvalue weighted by atomic mass is 9.74. The molecular weight excluding hydrogens is 641 g/mol. The van der Waals surface area contributed by atoms with Crippen LogP contribution in [-0.2, 0) is 5.41 Å². The number of para-hydroxylation sites is 1. The highest BCUT2D eigenvalue weighted by Crippen LogP contribution is 2.50. The summed E-state index contributed by atoms with van der Waals surface area (Å²) >= 11 is 0. The zero-order chi connectivity index (χ0) is 35.3. The van der Waals surface area contributed by atoms with Crippen molar-refractivity contribution in [2.75, 3.05) is 4.90 Å². The second kappa shape index (κ2) is 11.2. The lowest BCUT2D eigenvalue weighted by Gasteiger charge is -2.35. The normalized spacial score (nSPS) is 13.2. The van der Waals surface area contributed by atoms with Gasteiger partial charge in [0, 0.05) is 33.2 Å². The maximum absolute atomic E-state index is 2.52. The van der Waals surface area contributed by atoms with E-state index in [1.807, 2.05) is 0 Å². The van der Waals surface area contributed by atoms with Gasteiger partial charge in [0.2, 0.25) is 0 Å². The Morgan fingerprint density at radius 1 is 0.415 bits per heavy atom. The van der Waals surface area contributed by atoms with Crippen LogP contribution in [0.25, 0.3) is 70.9 Å². The van der Waals surface area contributed by atoms with Crippen molar-refractivity contribution in [1.82, 2.24) is 4.57 Å². The first-order valence-electron chi connectivity index (χ1n) is 18.5. The van der Waals surface area contributed by atoms with E-state index in [1.54, 1.807) is 0 Å². The molecule has 0 N–H and O–H groups in total. The van der Waals surface area contributed by atoms with E-state index >= 15 is 0 Å². The predicted octanol–water partition coefficient (Wildman–Crippen LogP) is 14.0. The van der Waals surface area contributed by atoms with E-state index in [0.29, 0.717) is 0 Å². The van der Waals surface area contributed by atoms with Crippen molar-refractivity contribution >= 4 is 71.2 Å². The highest BCUT2D eigenvalue weighted by molar-refractivity contribution is 6.15. The fraction of sp³-hybridized carbons (Fsp3) is 0.0588. The van der Waals surface area contributed by atoms with Gasteiger partial charge in [-0.1, -0.05) is 135 Å². The molecule has 250 valence electrons. The Hall–Kier alpha value is -6.64. The van der Waals surface area contributed by atoms with Crippen molar-refractivity contribution in [2.24, 2.45) is 0 Å². The number of anilines is 3. The van der Waals surface area contributed by atoms with Crippen LogP contribution in [0.15, 0.2) is 182 Å². The van der Waals surface area contributed by atoms with E-state index in [9.17, 15) is 0 Å². The third-order valence-corrected chi connectivity index (χ3v) is 11.7. The molecule has 0 bridgehead atoms. The Kier molecular flexibility index (Phi) is 6.33. The predicted molar refractivity (Wildman–Crippen MR) is 226 cm³/mol. The van der Waals surface area contributed by atoms with Gasteiger partial charge in [0.25, 0.3) is 0 Å². The number of nitrogens with zero attached hydrogens (tertiary/aromatic N) is 2. The van der Waals surface area contributed by atoms with Gasteiger partial charge in [-0.15, -0.1) is 0 Å². The van der Waals surface area contributed by atoms with E-state index < -0.39 is 0 Å². The van der Waals surface area contributed by atoms with Gasteiger partial charge in [-0.3, -0.25) is 0 Å². The molecule has 0 aliphatic carbocycles. The molecule has 0 radical (unpaired) electrons. The average Bonchev–Trinajstić information content (AvgIpc) is 3.53. The smallest absolute Gasteiger partial charge is 0.0582 e. The van der Waals surface area contributed by atoms with Crippen molar-refractivity contribution < 1.29 is 0 Å². The molecule has 1 aliphatic rings. The van der Waals surface area contributed by atoms with Crippen LogP contribution in [-0.4, -0.2) is 4.57 Å². The van der Waals surface area contributed by atoms with Gasteiger partial charge in [0.1, 0.15) is 0 Å². The Labute approximate surface area is 308 Å². The van der Waals surface area contributed by atoms with E-state index in [-0.39, 0.29) is 5.41 Å². The molecule has 0 saturated heterocycles. The van der Waals surface area contributed by atoms with Crippen molar-refractivity contribution in [3.8, 4) is 16.8 Å². The number of rotatable bonds is 4. The first-order chi connectivity index (χ1) is 26.0. The van der Waals surface area contributed by atoms with Crippen LogP contribution in [0.3, 0.4) is 0 Å². The summed E-state index contributed by atoms with van der Waals surface area (Å²) in [5.74, 6) is 0. The molecule has 0 unspecified atom stereocenters. The number of hydrogen-bond donors (Lipinski definition) is 0. The zero-order valence-corrected chi connectivity index (χ0v) is 29.7. The molecule has 2 heterocycles. The van der Waals surface area contributed by atoms with Gasteiger partial charge >= 0.3 is 0 Å². The van der Waals surface area contributed by atoms with E-state index in [4.69, 9.17) is 0 Å². The number of fused-ring (bicyclic) bond motifs is 8. The maximum atomic E-state index is 2.52. The monoisotopic (exact) mass is 676 g/mol. The lowest BCUT2D eigenvalue weighted by Crippen LogP contribution is -2.26. The van der Waals surface area contributed by atoms with Crippen molar-refractivity contribution in [2.45, 2.75) is 19.3 Å². The minimum atomic E-state index is -0.190. The lowest BCUT2D eigenvalue weighted by molar-refractivity contribution is 0.630. The molecule has 2 nitrogen and oxygen atoms in total. The molecule has 0 amide bonds. The van der Waals surface area contributed by atoms with Gasteiger partial charge in [-0.2, -0.15) is 0 Å². The molecule has 53 heavy (non-hydrogen) atoms. The maximum Gasteiger partial charge on any atom is 0.0582 e. The van der Waals surface area contributed by atoms with Crippen molar-refractivity contribution in [3.05, 3.63) is 193 Å². The van der Waals surface area contributed by atoms with E-state index in [2.05, 4.69) is 205 Å². The van der Waals surface area contributed by atoms with Gasteiger partial charge < -0.3 is 9.47 Å². The average molecular weight is 677 g/mol. The summed E-state index contributed by atoms with van der Waals surface area (Å²) in [5.41, 5.74) is 12.2.